The topological polar surface area (TPSA) is 0 Å². The summed E-state index contributed by atoms with van der Waals surface area (Å²) in [6.07, 6.45) is 11.5. The van der Waals surface area contributed by atoms with Gasteiger partial charge in [0, 0.05) is 17.1 Å². The van der Waals surface area contributed by atoms with E-state index < -0.39 is 7.26 Å². The quantitative estimate of drug-likeness (QED) is 0.515. The summed E-state index contributed by atoms with van der Waals surface area (Å²) in [4.78, 5) is 0. The van der Waals surface area contributed by atoms with Crippen LogP contribution in [0.15, 0.2) is 23.0 Å². The zero-order valence-electron chi connectivity index (χ0n) is 10.5. The van der Waals surface area contributed by atoms with Crippen LogP contribution in [0.2, 0.25) is 0 Å². The molecule has 2 heteroatoms. The third-order valence-electron chi connectivity index (χ3n) is 4.08. The van der Waals surface area contributed by atoms with Gasteiger partial charge in [-0.2, -0.15) is 0 Å². The first-order valence-electron chi connectivity index (χ1n) is 6.13. The standard InChI is InChI=1S/C13H25P.Cu/c1-5-12-10-9-11-13(12)14(6-2,7-3)8-4;/h9-10,14H,5-8,11H2,1-4H3;. The van der Waals surface area contributed by atoms with E-state index in [1.54, 1.807) is 5.57 Å². The van der Waals surface area contributed by atoms with Gasteiger partial charge in [0.25, 0.3) is 0 Å². The Bertz CT molecular complexity index is 241. The number of hydrogen-bond donors (Lipinski definition) is 0. The Morgan fingerprint density at radius 1 is 1.07 bits per heavy atom. The van der Waals surface area contributed by atoms with Crippen molar-refractivity contribution in [2.24, 2.45) is 0 Å². The Labute approximate surface area is 106 Å². The Morgan fingerprint density at radius 3 is 2.00 bits per heavy atom. The monoisotopic (exact) mass is 275 g/mol. The molecule has 1 rings (SSSR count). The van der Waals surface area contributed by atoms with Crippen LogP contribution in [0.5, 0.6) is 0 Å². The fourth-order valence-corrected chi connectivity index (χ4v) is 7.10. The molecule has 0 aromatic carbocycles. The summed E-state index contributed by atoms with van der Waals surface area (Å²) in [6, 6.07) is 0. The van der Waals surface area contributed by atoms with Crippen molar-refractivity contribution in [2.45, 2.75) is 40.5 Å². The minimum atomic E-state index is -1.05. The van der Waals surface area contributed by atoms with Gasteiger partial charge in [-0.25, -0.2) is 0 Å². The SMILES string of the molecule is CCC1=C([PH](CC)(CC)CC)CC=C1.[Cu]. The summed E-state index contributed by atoms with van der Waals surface area (Å²) in [5.74, 6) is 0. The number of allylic oxidation sites excluding steroid dienone is 4. The molecule has 1 aliphatic rings. The van der Waals surface area contributed by atoms with Gasteiger partial charge in [-0.1, -0.05) is 0 Å². The molecular weight excluding hydrogens is 251 g/mol. The average molecular weight is 276 g/mol. The molecule has 1 radical (unpaired) electrons. The smallest absolute Gasteiger partial charge is 0 e. The minimum absolute atomic E-state index is 0. The van der Waals surface area contributed by atoms with E-state index in [1.807, 2.05) is 5.31 Å². The van der Waals surface area contributed by atoms with Gasteiger partial charge in [-0.3, -0.25) is 0 Å². The van der Waals surface area contributed by atoms with E-state index in [9.17, 15) is 0 Å². The van der Waals surface area contributed by atoms with Gasteiger partial charge >= 0.3 is 89.3 Å². The minimum Gasteiger partial charge on any atom is 0 e. The van der Waals surface area contributed by atoms with Crippen LogP contribution in [0, 0.1) is 0 Å². The van der Waals surface area contributed by atoms with E-state index in [2.05, 4.69) is 39.8 Å². The first-order valence-corrected chi connectivity index (χ1v) is 8.75. The van der Waals surface area contributed by atoms with Crippen molar-refractivity contribution >= 4 is 7.26 Å². The molecule has 0 N–H and O–H groups in total. The van der Waals surface area contributed by atoms with Gasteiger partial charge in [0.15, 0.2) is 0 Å². The van der Waals surface area contributed by atoms with E-state index in [4.69, 9.17) is 0 Å². The van der Waals surface area contributed by atoms with Crippen molar-refractivity contribution in [1.82, 2.24) is 0 Å². The normalized spacial score (nSPS) is 16.8. The Morgan fingerprint density at radius 2 is 1.60 bits per heavy atom. The van der Waals surface area contributed by atoms with Crippen molar-refractivity contribution in [3.63, 3.8) is 0 Å². The maximum atomic E-state index is 2.40. The van der Waals surface area contributed by atoms with E-state index in [0.29, 0.717) is 0 Å². The molecule has 0 bridgehead atoms. The maximum absolute atomic E-state index is 2.40. The molecule has 0 saturated heterocycles. The summed E-state index contributed by atoms with van der Waals surface area (Å²) in [5.41, 5.74) is 1.67. The van der Waals surface area contributed by atoms with Crippen molar-refractivity contribution in [3.05, 3.63) is 23.0 Å². The average Bonchev–Trinajstić information content (AvgIpc) is 2.70. The molecule has 93 valence electrons. The second kappa shape index (κ2) is 6.89. The van der Waals surface area contributed by atoms with Crippen LogP contribution < -0.4 is 0 Å². The fourth-order valence-electron chi connectivity index (χ4n) is 2.83. The van der Waals surface area contributed by atoms with Crippen LogP contribution >= 0.6 is 7.26 Å². The van der Waals surface area contributed by atoms with Gasteiger partial charge in [0.1, 0.15) is 0 Å². The van der Waals surface area contributed by atoms with Gasteiger partial charge in [-0.15, -0.1) is 0 Å². The second-order valence-electron chi connectivity index (χ2n) is 4.30. The molecular formula is C13H25CuP. The molecule has 0 amide bonds. The van der Waals surface area contributed by atoms with E-state index in [1.165, 1.54) is 31.3 Å². The van der Waals surface area contributed by atoms with Crippen molar-refractivity contribution in [3.8, 4) is 0 Å². The molecule has 0 nitrogen and oxygen atoms in total. The van der Waals surface area contributed by atoms with E-state index in [-0.39, 0.29) is 17.1 Å². The molecule has 0 unspecified atom stereocenters. The predicted octanol–water partition coefficient (Wildman–Crippen LogP) is 4.42. The van der Waals surface area contributed by atoms with Crippen LogP contribution in [0.4, 0.5) is 0 Å². The Hall–Kier alpha value is 0.429. The Balaban J connectivity index is 0.00000196. The maximum Gasteiger partial charge on any atom is 0 e. The first kappa shape index (κ1) is 15.4. The second-order valence-corrected chi connectivity index (χ2v) is 9.59. The van der Waals surface area contributed by atoms with Crippen LogP contribution in [-0.4, -0.2) is 18.5 Å². The molecule has 15 heavy (non-hydrogen) atoms. The van der Waals surface area contributed by atoms with Crippen molar-refractivity contribution in [2.75, 3.05) is 18.5 Å². The van der Waals surface area contributed by atoms with Gasteiger partial charge in [0.2, 0.25) is 0 Å². The molecule has 1 aliphatic carbocycles. The summed E-state index contributed by atoms with van der Waals surface area (Å²) in [5, 5.41) is 1.87. The van der Waals surface area contributed by atoms with Gasteiger partial charge < -0.3 is 0 Å². The molecule has 0 aromatic rings. The molecule has 0 spiro atoms. The van der Waals surface area contributed by atoms with Crippen LogP contribution in [0.3, 0.4) is 0 Å². The third kappa shape index (κ3) is 2.96. The van der Waals surface area contributed by atoms with Crippen LogP contribution in [0.25, 0.3) is 0 Å². The van der Waals surface area contributed by atoms with E-state index >= 15 is 0 Å². The summed E-state index contributed by atoms with van der Waals surface area (Å²) >= 11 is 0. The van der Waals surface area contributed by atoms with Gasteiger partial charge in [-0.05, 0) is 0 Å². The largest absolute Gasteiger partial charge is 0 e. The molecule has 0 aromatic heterocycles. The number of hydrogen-bond acceptors (Lipinski definition) is 0. The van der Waals surface area contributed by atoms with Gasteiger partial charge in [0.05, 0.1) is 0 Å². The number of rotatable bonds is 5. The van der Waals surface area contributed by atoms with Crippen LogP contribution in [-0.2, 0) is 17.1 Å². The molecule has 0 fully saturated rings. The van der Waals surface area contributed by atoms with Crippen LogP contribution in [0.1, 0.15) is 40.5 Å². The van der Waals surface area contributed by atoms with E-state index in [0.717, 1.165) is 0 Å². The van der Waals surface area contributed by atoms with Crippen molar-refractivity contribution < 1.29 is 17.1 Å². The predicted molar refractivity (Wildman–Crippen MR) is 71.0 cm³/mol. The molecule has 0 heterocycles. The zero-order valence-corrected chi connectivity index (χ0v) is 12.4. The summed E-state index contributed by atoms with van der Waals surface area (Å²) in [7, 11) is -1.05. The Kier molecular flexibility index (Phi) is 7.09. The third-order valence-corrected chi connectivity index (χ3v) is 9.95. The fraction of sp³-hybridized carbons (Fsp3) is 0.692. The first-order chi connectivity index (χ1) is 6.74. The molecule has 0 saturated carbocycles. The summed E-state index contributed by atoms with van der Waals surface area (Å²) in [6.45, 7) is 9.50. The summed E-state index contributed by atoms with van der Waals surface area (Å²) < 4.78 is 0. The molecule has 0 aliphatic heterocycles. The van der Waals surface area contributed by atoms with Crippen molar-refractivity contribution in [1.29, 1.82) is 0 Å². The molecule has 0 atom stereocenters. The zero-order chi connectivity index (χ0) is 10.6.